The molecule has 148 valence electrons. The van der Waals surface area contributed by atoms with E-state index in [-0.39, 0.29) is 36.2 Å². The summed E-state index contributed by atoms with van der Waals surface area (Å²) in [7, 11) is 1.77. The molecule has 1 heterocycles. The number of benzene rings is 1. The second-order valence-electron chi connectivity index (χ2n) is 6.28. The summed E-state index contributed by atoms with van der Waals surface area (Å²) in [6.45, 7) is 7.90. The first kappa shape index (κ1) is 23.0. The Morgan fingerprint density at radius 3 is 2.85 bits per heavy atom. The number of halogens is 1. The second kappa shape index (κ2) is 13.2. The molecule has 2 N–H and O–H groups in total. The van der Waals surface area contributed by atoms with Gasteiger partial charge in [0, 0.05) is 26.8 Å². The Morgan fingerprint density at radius 1 is 1.35 bits per heavy atom. The first-order chi connectivity index (χ1) is 12.2. The Morgan fingerprint density at radius 2 is 2.15 bits per heavy atom. The second-order valence-corrected chi connectivity index (χ2v) is 6.28. The third-order valence-electron chi connectivity index (χ3n) is 4.06. The summed E-state index contributed by atoms with van der Waals surface area (Å²) in [6, 6.07) is 8.05. The van der Waals surface area contributed by atoms with Gasteiger partial charge in [-0.05, 0) is 38.3 Å². The van der Waals surface area contributed by atoms with Crippen LogP contribution in [0, 0.1) is 6.92 Å². The van der Waals surface area contributed by atoms with Crippen molar-refractivity contribution in [2.24, 2.45) is 4.99 Å². The predicted molar refractivity (Wildman–Crippen MR) is 116 cm³/mol. The van der Waals surface area contributed by atoms with Gasteiger partial charge in [0.2, 0.25) is 0 Å². The fourth-order valence-electron chi connectivity index (χ4n) is 2.58. The number of aryl methyl sites for hydroxylation is 1. The van der Waals surface area contributed by atoms with Gasteiger partial charge in [-0.2, -0.15) is 0 Å². The van der Waals surface area contributed by atoms with Crippen LogP contribution in [-0.4, -0.2) is 58.1 Å². The van der Waals surface area contributed by atoms with Gasteiger partial charge < -0.3 is 24.8 Å². The van der Waals surface area contributed by atoms with Crippen LogP contribution in [0.5, 0.6) is 5.75 Å². The van der Waals surface area contributed by atoms with Crippen LogP contribution in [-0.2, 0) is 9.47 Å². The number of nitrogens with zero attached hydrogens (tertiary/aromatic N) is 1. The van der Waals surface area contributed by atoms with Crippen molar-refractivity contribution < 1.29 is 14.2 Å². The Kier molecular flexibility index (Phi) is 11.6. The summed E-state index contributed by atoms with van der Waals surface area (Å²) >= 11 is 0. The maximum absolute atomic E-state index is 5.96. The van der Waals surface area contributed by atoms with E-state index >= 15 is 0 Å². The number of rotatable bonds is 9. The molecule has 1 saturated heterocycles. The molecule has 0 radical (unpaired) electrons. The van der Waals surface area contributed by atoms with E-state index in [2.05, 4.69) is 28.6 Å². The van der Waals surface area contributed by atoms with E-state index in [0.29, 0.717) is 6.54 Å². The van der Waals surface area contributed by atoms with E-state index in [9.17, 15) is 0 Å². The SMILES string of the molecule is CN=C(NCCCOC1CCOC1)NCC(C)Oc1ccccc1C.I. The van der Waals surface area contributed by atoms with Gasteiger partial charge in [-0.1, -0.05) is 18.2 Å². The van der Waals surface area contributed by atoms with Crippen molar-refractivity contribution in [1.29, 1.82) is 0 Å². The van der Waals surface area contributed by atoms with Crippen molar-refractivity contribution in [3.63, 3.8) is 0 Å². The quantitative estimate of drug-likeness (QED) is 0.248. The molecule has 2 rings (SSSR count). The predicted octanol–water partition coefficient (Wildman–Crippen LogP) is 2.74. The Hall–Kier alpha value is -1.06. The molecule has 1 aromatic carbocycles. The van der Waals surface area contributed by atoms with Crippen molar-refractivity contribution >= 4 is 29.9 Å². The summed E-state index contributed by atoms with van der Waals surface area (Å²) in [4.78, 5) is 4.24. The van der Waals surface area contributed by atoms with Gasteiger partial charge in [0.15, 0.2) is 5.96 Å². The van der Waals surface area contributed by atoms with Crippen molar-refractivity contribution in [2.75, 3.05) is 40.0 Å². The lowest BCUT2D eigenvalue weighted by Crippen LogP contribution is -2.42. The van der Waals surface area contributed by atoms with Crippen LogP contribution in [0.2, 0.25) is 0 Å². The van der Waals surface area contributed by atoms with Crippen LogP contribution in [0.15, 0.2) is 29.3 Å². The smallest absolute Gasteiger partial charge is 0.191 e. The summed E-state index contributed by atoms with van der Waals surface area (Å²) in [6.07, 6.45) is 2.27. The van der Waals surface area contributed by atoms with Crippen molar-refractivity contribution in [1.82, 2.24) is 10.6 Å². The number of nitrogens with one attached hydrogen (secondary N) is 2. The molecule has 26 heavy (non-hydrogen) atoms. The average Bonchev–Trinajstić information content (AvgIpc) is 3.13. The summed E-state index contributed by atoms with van der Waals surface area (Å²) in [5.41, 5.74) is 1.14. The van der Waals surface area contributed by atoms with Crippen LogP contribution in [0.4, 0.5) is 0 Å². The van der Waals surface area contributed by atoms with Crippen LogP contribution in [0.25, 0.3) is 0 Å². The molecule has 1 fully saturated rings. The fraction of sp³-hybridized carbons (Fsp3) is 0.632. The fourth-order valence-corrected chi connectivity index (χ4v) is 2.58. The third-order valence-corrected chi connectivity index (χ3v) is 4.06. The van der Waals surface area contributed by atoms with Gasteiger partial charge in [0.05, 0.1) is 19.3 Å². The van der Waals surface area contributed by atoms with Crippen molar-refractivity contribution in [3.8, 4) is 5.75 Å². The van der Waals surface area contributed by atoms with Gasteiger partial charge in [-0.3, -0.25) is 4.99 Å². The average molecular weight is 477 g/mol. The first-order valence-electron chi connectivity index (χ1n) is 9.05. The zero-order valence-electron chi connectivity index (χ0n) is 16.0. The number of aliphatic imine (C=N–C) groups is 1. The first-order valence-corrected chi connectivity index (χ1v) is 9.05. The molecule has 0 amide bonds. The lowest BCUT2D eigenvalue weighted by molar-refractivity contribution is 0.0420. The third kappa shape index (κ3) is 8.55. The Labute approximate surface area is 174 Å². The van der Waals surface area contributed by atoms with E-state index < -0.39 is 0 Å². The van der Waals surface area contributed by atoms with Crippen LogP contribution < -0.4 is 15.4 Å². The maximum atomic E-state index is 5.96. The molecule has 1 aliphatic rings. The number of guanidine groups is 1. The number of hydrogen-bond acceptors (Lipinski definition) is 4. The highest BCUT2D eigenvalue weighted by Gasteiger charge is 2.15. The van der Waals surface area contributed by atoms with Gasteiger partial charge in [0.1, 0.15) is 11.9 Å². The molecule has 0 bridgehead atoms. The van der Waals surface area contributed by atoms with E-state index in [1.54, 1.807) is 7.05 Å². The Balaban J connectivity index is 0.00000338. The minimum Gasteiger partial charge on any atom is -0.489 e. The van der Waals surface area contributed by atoms with Gasteiger partial charge >= 0.3 is 0 Å². The lowest BCUT2D eigenvalue weighted by atomic mass is 10.2. The molecule has 1 aromatic rings. The highest BCUT2D eigenvalue weighted by atomic mass is 127. The molecule has 2 atom stereocenters. The maximum Gasteiger partial charge on any atom is 0.191 e. The molecule has 0 aromatic heterocycles. The molecule has 0 spiro atoms. The van der Waals surface area contributed by atoms with E-state index in [4.69, 9.17) is 14.2 Å². The van der Waals surface area contributed by atoms with Crippen LogP contribution >= 0.6 is 24.0 Å². The highest BCUT2D eigenvalue weighted by Crippen LogP contribution is 2.17. The van der Waals surface area contributed by atoms with Gasteiger partial charge in [-0.25, -0.2) is 0 Å². The topological polar surface area (TPSA) is 64.1 Å². The zero-order valence-corrected chi connectivity index (χ0v) is 18.3. The standard InChI is InChI=1S/C19H31N3O3.HI/c1-15-7-4-5-8-18(15)25-16(2)13-22-19(20-3)21-10-6-11-24-17-9-12-23-14-17;/h4-5,7-8,16-17H,6,9-14H2,1-3H3,(H2,20,21,22);1H. The van der Waals surface area contributed by atoms with E-state index in [1.807, 2.05) is 25.1 Å². The van der Waals surface area contributed by atoms with Crippen LogP contribution in [0.3, 0.4) is 0 Å². The number of ether oxygens (including phenoxy) is 3. The van der Waals surface area contributed by atoms with Gasteiger partial charge in [-0.15, -0.1) is 24.0 Å². The van der Waals surface area contributed by atoms with E-state index in [1.165, 1.54) is 0 Å². The molecular weight excluding hydrogens is 445 g/mol. The van der Waals surface area contributed by atoms with Crippen molar-refractivity contribution in [3.05, 3.63) is 29.8 Å². The zero-order chi connectivity index (χ0) is 17.9. The molecule has 7 heteroatoms. The lowest BCUT2D eigenvalue weighted by Gasteiger charge is -2.19. The monoisotopic (exact) mass is 477 g/mol. The number of para-hydroxylation sites is 1. The molecular formula is C19H32IN3O3. The molecule has 6 nitrogen and oxygen atoms in total. The molecule has 1 aliphatic heterocycles. The molecule has 0 aliphatic carbocycles. The molecule has 2 unspecified atom stereocenters. The van der Waals surface area contributed by atoms with E-state index in [0.717, 1.165) is 56.5 Å². The largest absolute Gasteiger partial charge is 0.489 e. The summed E-state index contributed by atoms with van der Waals surface area (Å²) < 4.78 is 17.0. The minimum absolute atomic E-state index is 0. The number of hydrogen-bond donors (Lipinski definition) is 2. The Bertz CT molecular complexity index is 537. The van der Waals surface area contributed by atoms with Crippen molar-refractivity contribution in [2.45, 2.75) is 38.9 Å². The summed E-state index contributed by atoms with van der Waals surface area (Å²) in [5, 5.41) is 6.59. The molecule has 0 saturated carbocycles. The summed E-state index contributed by atoms with van der Waals surface area (Å²) in [5.74, 6) is 1.71. The van der Waals surface area contributed by atoms with Gasteiger partial charge in [0.25, 0.3) is 0 Å². The minimum atomic E-state index is 0. The highest BCUT2D eigenvalue weighted by molar-refractivity contribution is 14.0. The normalized spacial score (nSPS) is 18.1. The van der Waals surface area contributed by atoms with Crippen LogP contribution in [0.1, 0.15) is 25.3 Å².